The molecular weight excluding hydrogens is 342 g/mol. The Labute approximate surface area is 158 Å². The molecule has 0 radical (unpaired) electrons. The van der Waals surface area contributed by atoms with E-state index in [9.17, 15) is 9.59 Å². The third kappa shape index (κ3) is 3.81. The highest BCUT2D eigenvalue weighted by atomic mass is 16.2. The Bertz CT molecular complexity index is 881. The summed E-state index contributed by atoms with van der Waals surface area (Å²) >= 11 is 0. The number of carbonyl (C=O) groups excluding carboxylic acids is 2. The first-order valence-corrected chi connectivity index (χ1v) is 8.90. The lowest BCUT2D eigenvalue weighted by Crippen LogP contribution is -2.48. The maximum absolute atomic E-state index is 12.4. The highest BCUT2D eigenvalue weighted by Gasteiger charge is 2.39. The van der Waals surface area contributed by atoms with Crippen LogP contribution >= 0.6 is 0 Å². The van der Waals surface area contributed by atoms with Gasteiger partial charge < -0.3 is 11.1 Å². The van der Waals surface area contributed by atoms with Gasteiger partial charge in [0.05, 0.1) is 12.0 Å². The van der Waals surface area contributed by atoms with Crippen LogP contribution in [0, 0.1) is 0 Å². The van der Waals surface area contributed by atoms with Gasteiger partial charge in [-0.25, -0.2) is 4.99 Å². The maximum Gasteiger partial charge on any atom is 0.274 e. The summed E-state index contributed by atoms with van der Waals surface area (Å²) in [6, 6.07) is 12.6. The lowest BCUT2D eigenvalue weighted by molar-refractivity contribution is -0.128. The van der Waals surface area contributed by atoms with E-state index in [1.165, 1.54) is 4.90 Å². The zero-order valence-corrected chi connectivity index (χ0v) is 15.5. The molecule has 3 N–H and O–H groups in total. The molecule has 0 unspecified atom stereocenters. The Morgan fingerprint density at radius 2 is 2.11 bits per heavy atom. The largest absolute Gasteiger partial charge is 0.369 e. The molecule has 1 aromatic carbocycles. The molecule has 0 fully saturated rings. The highest BCUT2D eigenvalue weighted by molar-refractivity contribution is 6.03. The monoisotopic (exact) mass is 365 g/mol. The Morgan fingerprint density at radius 1 is 1.30 bits per heavy atom. The number of hydrogen-bond donors (Lipinski definition) is 2. The van der Waals surface area contributed by atoms with Crippen LogP contribution in [0.25, 0.3) is 0 Å². The predicted octanol–water partition coefficient (Wildman–Crippen LogP) is 2.51. The van der Waals surface area contributed by atoms with Crippen molar-refractivity contribution in [2.45, 2.75) is 31.7 Å². The van der Waals surface area contributed by atoms with Crippen molar-refractivity contribution in [3.63, 3.8) is 0 Å². The van der Waals surface area contributed by atoms with Crippen molar-refractivity contribution in [2.75, 3.05) is 12.4 Å². The minimum atomic E-state index is -0.714. The molecule has 3 rings (SSSR count). The molecule has 27 heavy (non-hydrogen) atoms. The van der Waals surface area contributed by atoms with Gasteiger partial charge in [-0.1, -0.05) is 31.5 Å². The Morgan fingerprint density at radius 3 is 2.78 bits per heavy atom. The number of nitrogens with zero attached hydrogens (tertiary/aromatic N) is 3. The van der Waals surface area contributed by atoms with Crippen LogP contribution in [0.15, 0.2) is 53.7 Å². The molecule has 2 aromatic rings. The number of anilines is 1. The molecule has 2 heterocycles. The van der Waals surface area contributed by atoms with Crippen LogP contribution < -0.4 is 11.1 Å². The van der Waals surface area contributed by atoms with Crippen molar-refractivity contribution in [3.05, 3.63) is 59.9 Å². The van der Waals surface area contributed by atoms with Crippen molar-refractivity contribution < 1.29 is 9.59 Å². The second-order valence-corrected chi connectivity index (χ2v) is 6.63. The molecule has 140 valence electrons. The Kier molecular flexibility index (Phi) is 5.21. The molecule has 1 aliphatic rings. The van der Waals surface area contributed by atoms with Crippen molar-refractivity contribution in [3.8, 4) is 0 Å². The van der Waals surface area contributed by atoms with Gasteiger partial charge in [0.25, 0.3) is 5.91 Å². The topological polar surface area (TPSA) is 101 Å². The van der Waals surface area contributed by atoms with Crippen molar-refractivity contribution in [1.29, 1.82) is 0 Å². The van der Waals surface area contributed by atoms with Gasteiger partial charge in [-0.15, -0.1) is 0 Å². The van der Waals surface area contributed by atoms with E-state index in [1.807, 2.05) is 25.1 Å². The van der Waals surface area contributed by atoms with E-state index in [0.29, 0.717) is 17.8 Å². The van der Waals surface area contributed by atoms with Crippen LogP contribution in [-0.4, -0.2) is 34.7 Å². The van der Waals surface area contributed by atoms with Crippen LogP contribution in [0.4, 0.5) is 5.69 Å². The van der Waals surface area contributed by atoms with E-state index in [0.717, 1.165) is 12.0 Å². The van der Waals surface area contributed by atoms with Crippen molar-refractivity contribution >= 4 is 23.5 Å². The molecule has 2 amide bonds. The van der Waals surface area contributed by atoms with Gasteiger partial charge in [0, 0.05) is 18.9 Å². The minimum Gasteiger partial charge on any atom is -0.369 e. The number of pyridine rings is 1. The second kappa shape index (κ2) is 7.57. The van der Waals surface area contributed by atoms with Crippen LogP contribution in [0.3, 0.4) is 0 Å². The van der Waals surface area contributed by atoms with Crippen LogP contribution in [0.2, 0.25) is 0 Å². The number of guanidine groups is 1. The summed E-state index contributed by atoms with van der Waals surface area (Å²) in [6.07, 6.45) is 3.35. The lowest BCUT2D eigenvalue weighted by atomic mass is 9.81. The summed E-state index contributed by atoms with van der Waals surface area (Å²) < 4.78 is 0. The molecule has 7 nitrogen and oxygen atoms in total. The van der Waals surface area contributed by atoms with E-state index in [2.05, 4.69) is 15.3 Å². The molecule has 0 bridgehead atoms. The summed E-state index contributed by atoms with van der Waals surface area (Å²) in [7, 11) is 1.63. The molecule has 0 aliphatic carbocycles. The Balaban J connectivity index is 1.93. The fourth-order valence-electron chi connectivity index (χ4n) is 3.28. The summed E-state index contributed by atoms with van der Waals surface area (Å²) in [5.41, 5.74) is 7.08. The zero-order chi connectivity index (χ0) is 19.4. The van der Waals surface area contributed by atoms with E-state index < -0.39 is 5.54 Å². The Hall–Kier alpha value is -3.22. The first-order chi connectivity index (χ1) is 12.9. The summed E-state index contributed by atoms with van der Waals surface area (Å²) in [4.78, 5) is 34.9. The summed E-state index contributed by atoms with van der Waals surface area (Å²) in [6.45, 7) is 2.04. The molecule has 1 aromatic heterocycles. The quantitative estimate of drug-likeness (QED) is 0.850. The number of hydrogen-bond acceptors (Lipinski definition) is 5. The third-order valence-corrected chi connectivity index (χ3v) is 4.71. The second-order valence-electron chi connectivity index (χ2n) is 6.63. The van der Waals surface area contributed by atoms with Crippen molar-refractivity contribution in [2.24, 2.45) is 10.7 Å². The van der Waals surface area contributed by atoms with E-state index >= 15 is 0 Å². The lowest BCUT2D eigenvalue weighted by Gasteiger charge is -2.36. The number of amides is 2. The SMILES string of the molecule is CCC[C@@]1(c2cccc(NC(=O)c3ccccn3)c2)CC(=O)N(C)C(N)=N1. The standard InChI is InChI=1S/C20H23N5O2/c1-3-10-20(13-17(26)25(2)19(21)24-20)14-7-6-8-15(12-14)23-18(27)16-9-4-5-11-22-16/h4-9,11-12H,3,10,13H2,1-2H3,(H2,21,24)(H,23,27)/t20-/m0/s1. The first kappa shape index (κ1) is 18.6. The van der Waals surface area contributed by atoms with Crippen LogP contribution in [0.1, 0.15) is 42.2 Å². The molecule has 0 spiro atoms. The van der Waals surface area contributed by atoms with Crippen LogP contribution in [0.5, 0.6) is 0 Å². The van der Waals surface area contributed by atoms with Gasteiger partial charge >= 0.3 is 0 Å². The van der Waals surface area contributed by atoms with Gasteiger partial charge in [0.2, 0.25) is 5.91 Å². The molecule has 7 heteroatoms. The molecule has 0 saturated carbocycles. The smallest absolute Gasteiger partial charge is 0.274 e. The number of nitrogens with two attached hydrogens (primary N) is 1. The van der Waals surface area contributed by atoms with Gasteiger partial charge in [-0.05, 0) is 36.2 Å². The predicted molar refractivity (Wildman–Crippen MR) is 104 cm³/mol. The van der Waals surface area contributed by atoms with E-state index in [1.54, 1.807) is 37.5 Å². The number of carbonyl (C=O) groups is 2. The number of rotatable bonds is 5. The third-order valence-electron chi connectivity index (χ3n) is 4.71. The first-order valence-electron chi connectivity index (χ1n) is 8.90. The summed E-state index contributed by atoms with van der Waals surface area (Å²) in [5.74, 6) is -0.152. The summed E-state index contributed by atoms with van der Waals surface area (Å²) in [5, 5.41) is 2.85. The highest BCUT2D eigenvalue weighted by Crippen LogP contribution is 2.38. The van der Waals surface area contributed by atoms with Gasteiger partial charge in [-0.3, -0.25) is 19.5 Å². The fraction of sp³-hybridized carbons (Fsp3) is 0.300. The minimum absolute atomic E-state index is 0.0705. The van der Waals surface area contributed by atoms with Crippen LogP contribution in [-0.2, 0) is 10.3 Å². The zero-order valence-electron chi connectivity index (χ0n) is 15.5. The van der Waals surface area contributed by atoms with Gasteiger partial charge in [0.1, 0.15) is 5.69 Å². The number of benzene rings is 1. The average Bonchev–Trinajstić information content (AvgIpc) is 2.67. The number of nitrogens with one attached hydrogen (secondary N) is 1. The molecule has 1 aliphatic heterocycles. The van der Waals surface area contributed by atoms with E-state index in [4.69, 9.17) is 5.73 Å². The maximum atomic E-state index is 12.4. The molecule has 0 saturated heterocycles. The molecule has 1 atom stereocenters. The van der Waals surface area contributed by atoms with E-state index in [-0.39, 0.29) is 24.2 Å². The van der Waals surface area contributed by atoms with Gasteiger partial charge in [-0.2, -0.15) is 0 Å². The number of aliphatic imine (C=N–C) groups is 1. The number of aromatic nitrogens is 1. The average molecular weight is 365 g/mol. The van der Waals surface area contributed by atoms with Gasteiger partial charge in [0.15, 0.2) is 5.96 Å². The normalized spacial score (nSPS) is 19.6. The fourth-order valence-corrected chi connectivity index (χ4v) is 3.28. The van der Waals surface area contributed by atoms with Crippen molar-refractivity contribution in [1.82, 2.24) is 9.88 Å². The molecular formula is C20H23N5O2.